The second-order valence-corrected chi connectivity index (χ2v) is 8.70. The quantitative estimate of drug-likeness (QED) is 0.499. The van der Waals surface area contributed by atoms with Gasteiger partial charge in [-0.25, -0.2) is 18.6 Å². The van der Waals surface area contributed by atoms with Crippen molar-refractivity contribution in [3.8, 4) is 0 Å². The van der Waals surface area contributed by atoms with Gasteiger partial charge in [0, 0.05) is 5.92 Å². The second-order valence-electron chi connectivity index (χ2n) is 8.70. The highest BCUT2D eigenvalue weighted by molar-refractivity contribution is 6.10. The van der Waals surface area contributed by atoms with Crippen molar-refractivity contribution in [1.29, 1.82) is 0 Å². The number of fused-ring (bicyclic) bond motifs is 1. The van der Waals surface area contributed by atoms with E-state index in [1.807, 2.05) is 6.08 Å². The molecule has 2 aliphatic rings. The van der Waals surface area contributed by atoms with Crippen LogP contribution in [0.1, 0.15) is 57.1 Å². The van der Waals surface area contributed by atoms with E-state index >= 15 is 0 Å². The van der Waals surface area contributed by atoms with Crippen LogP contribution in [0.3, 0.4) is 0 Å². The van der Waals surface area contributed by atoms with Crippen molar-refractivity contribution in [2.24, 2.45) is 11.0 Å². The number of rotatable bonds is 4. The van der Waals surface area contributed by atoms with Crippen molar-refractivity contribution in [2.75, 3.05) is 0 Å². The Labute approximate surface area is 201 Å². The van der Waals surface area contributed by atoms with Gasteiger partial charge in [-0.1, -0.05) is 36.4 Å². The lowest BCUT2D eigenvalue weighted by molar-refractivity contribution is 0.0645. The van der Waals surface area contributed by atoms with E-state index in [1.54, 1.807) is 36.4 Å². The number of carbonyl (C=O) groups excluding carboxylic acids is 1. The van der Waals surface area contributed by atoms with Crippen LogP contribution < -0.4 is 0 Å². The Morgan fingerprint density at radius 3 is 2.20 bits per heavy atom. The SMILES string of the molecule is O=C(O)c1ccccc1C(=O)N1N=C2C(=Cc3ccc(F)cc3)CCCC2C1c1ccc(F)cc1. The van der Waals surface area contributed by atoms with Gasteiger partial charge in [0.05, 0.1) is 22.9 Å². The number of hydrogen-bond acceptors (Lipinski definition) is 3. The third-order valence-electron chi connectivity index (χ3n) is 6.52. The molecule has 1 saturated carbocycles. The molecule has 1 fully saturated rings. The van der Waals surface area contributed by atoms with Gasteiger partial charge in [-0.2, -0.15) is 5.10 Å². The van der Waals surface area contributed by atoms with Gasteiger partial charge in [0.25, 0.3) is 5.91 Å². The third-order valence-corrected chi connectivity index (χ3v) is 6.52. The molecule has 0 bridgehead atoms. The molecule has 5 nitrogen and oxygen atoms in total. The number of aromatic carboxylic acids is 1. The van der Waals surface area contributed by atoms with Crippen LogP contribution in [0.15, 0.2) is 83.5 Å². The van der Waals surface area contributed by atoms with E-state index in [9.17, 15) is 23.5 Å². The molecule has 0 saturated heterocycles. The molecule has 5 rings (SSSR count). The van der Waals surface area contributed by atoms with Crippen LogP contribution in [0.4, 0.5) is 8.78 Å². The first-order valence-electron chi connectivity index (χ1n) is 11.4. The highest BCUT2D eigenvalue weighted by atomic mass is 19.1. The smallest absolute Gasteiger partial charge is 0.336 e. The summed E-state index contributed by atoms with van der Waals surface area (Å²) < 4.78 is 27.1. The van der Waals surface area contributed by atoms with Crippen molar-refractivity contribution >= 4 is 23.7 Å². The van der Waals surface area contributed by atoms with E-state index in [-0.39, 0.29) is 28.7 Å². The molecule has 1 heterocycles. The summed E-state index contributed by atoms with van der Waals surface area (Å²) >= 11 is 0. The Bertz CT molecular complexity index is 1350. The van der Waals surface area contributed by atoms with Gasteiger partial charge in [0.1, 0.15) is 11.6 Å². The Morgan fingerprint density at radius 2 is 1.54 bits per heavy atom. The van der Waals surface area contributed by atoms with E-state index in [1.165, 1.54) is 41.4 Å². The Hall–Kier alpha value is -4.13. The number of benzene rings is 3. The number of hydrogen-bond donors (Lipinski definition) is 1. The molecule has 176 valence electrons. The normalized spacial score (nSPS) is 20.5. The molecule has 0 radical (unpaired) electrons. The zero-order chi connectivity index (χ0) is 24.5. The molecule has 3 aromatic rings. The van der Waals surface area contributed by atoms with Crippen molar-refractivity contribution in [3.63, 3.8) is 0 Å². The van der Waals surface area contributed by atoms with E-state index in [0.29, 0.717) is 0 Å². The van der Waals surface area contributed by atoms with Gasteiger partial charge in [0.15, 0.2) is 0 Å². The summed E-state index contributed by atoms with van der Waals surface area (Å²) in [6.45, 7) is 0. The second kappa shape index (κ2) is 9.25. The van der Waals surface area contributed by atoms with Crippen LogP contribution in [0, 0.1) is 17.6 Å². The van der Waals surface area contributed by atoms with Crippen LogP contribution in [-0.4, -0.2) is 27.7 Å². The van der Waals surface area contributed by atoms with E-state index in [4.69, 9.17) is 5.10 Å². The number of carboxylic acid groups (broad SMARTS) is 1. The predicted molar refractivity (Wildman–Crippen MR) is 128 cm³/mol. The summed E-state index contributed by atoms with van der Waals surface area (Å²) in [7, 11) is 0. The minimum Gasteiger partial charge on any atom is -0.478 e. The van der Waals surface area contributed by atoms with Crippen molar-refractivity contribution in [3.05, 3.63) is 112 Å². The summed E-state index contributed by atoms with van der Waals surface area (Å²) in [6.07, 6.45) is 4.33. The minimum atomic E-state index is -1.20. The van der Waals surface area contributed by atoms with Crippen molar-refractivity contribution in [2.45, 2.75) is 25.3 Å². The maximum absolute atomic E-state index is 13.7. The monoisotopic (exact) mass is 472 g/mol. The van der Waals surface area contributed by atoms with Gasteiger partial charge < -0.3 is 5.11 Å². The standard InChI is InChI=1S/C28H22F2N2O3/c29-20-12-8-17(9-13-20)16-19-4-3-7-24-25(19)31-32(26(24)18-10-14-21(30)15-11-18)27(33)22-5-1-2-6-23(22)28(34)35/h1-2,5-6,8-16,24,26H,3-4,7H2,(H,34,35). The van der Waals surface area contributed by atoms with E-state index in [0.717, 1.165) is 41.7 Å². The lowest BCUT2D eigenvalue weighted by atomic mass is 9.77. The van der Waals surface area contributed by atoms with E-state index in [2.05, 4.69) is 0 Å². The predicted octanol–water partition coefficient (Wildman–Crippen LogP) is 6.10. The first kappa shape index (κ1) is 22.7. The number of allylic oxidation sites excluding steroid dienone is 1. The number of carboxylic acids is 1. The van der Waals surface area contributed by atoms with Gasteiger partial charge in [-0.05, 0) is 78.4 Å². The van der Waals surface area contributed by atoms with Crippen LogP contribution in [0.25, 0.3) is 6.08 Å². The first-order valence-corrected chi connectivity index (χ1v) is 11.4. The topological polar surface area (TPSA) is 70.0 Å². The fourth-order valence-electron chi connectivity index (χ4n) is 4.90. The molecule has 2 unspecified atom stereocenters. The molecular formula is C28H22F2N2O3. The van der Waals surface area contributed by atoms with E-state index < -0.39 is 17.9 Å². The van der Waals surface area contributed by atoms with Gasteiger partial charge in [0.2, 0.25) is 0 Å². The molecule has 0 aromatic heterocycles. The maximum Gasteiger partial charge on any atom is 0.336 e. The number of nitrogens with zero attached hydrogens (tertiary/aromatic N) is 2. The zero-order valence-electron chi connectivity index (χ0n) is 18.7. The fraction of sp³-hybridized carbons (Fsp3) is 0.179. The molecule has 1 amide bonds. The van der Waals surface area contributed by atoms with Crippen LogP contribution >= 0.6 is 0 Å². The van der Waals surface area contributed by atoms with Gasteiger partial charge in [-0.3, -0.25) is 4.79 Å². The van der Waals surface area contributed by atoms with Gasteiger partial charge >= 0.3 is 5.97 Å². The van der Waals surface area contributed by atoms with Crippen LogP contribution in [-0.2, 0) is 0 Å². The number of amides is 1. The molecule has 1 aliphatic heterocycles. The van der Waals surface area contributed by atoms with Crippen molar-refractivity contribution in [1.82, 2.24) is 5.01 Å². The minimum absolute atomic E-state index is 0.0409. The number of hydrazone groups is 1. The van der Waals surface area contributed by atoms with Crippen LogP contribution in [0.2, 0.25) is 0 Å². The molecular weight excluding hydrogens is 450 g/mol. The Kier molecular flexibility index (Phi) is 5.99. The molecule has 3 aromatic carbocycles. The number of carbonyl (C=O) groups is 2. The first-order chi connectivity index (χ1) is 16.9. The highest BCUT2D eigenvalue weighted by Gasteiger charge is 2.44. The summed E-state index contributed by atoms with van der Waals surface area (Å²) in [4.78, 5) is 25.5. The largest absolute Gasteiger partial charge is 0.478 e. The lowest BCUT2D eigenvalue weighted by Crippen LogP contribution is -2.32. The zero-order valence-corrected chi connectivity index (χ0v) is 18.7. The summed E-state index contributed by atoms with van der Waals surface area (Å²) in [6, 6.07) is 17.7. The molecule has 0 spiro atoms. The van der Waals surface area contributed by atoms with Gasteiger partial charge in [-0.15, -0.1) is 0 Å². The fourth-order valence-corrected chi connectivity index (χ4v) is 4.90. The third kappa shape index (κ3) is 4.37. The van der Waals surface area contributed by atoms with Crippen molar-refractivity contribution < 1.29 is 23.5 Å². The molecule has 7 heteroatoms. The average molecular weight is 472 g/mol. The lowest BCUT2D eigenvalue weighted by Gasteiger charge is -2.30. The summed E-state index contributed by atoms with van der Waals surface area (Å²) in [5.41, 5.74) is 3.17. The number of halogens is 2. The Balaban J connectivity index is 1.60. The maximum atomic E-state index is 13.7. The van der Waals surface area contributed by atoms with Crippen LogP contribution in [0.5, 0.6) is 0 Å². The summed E-state index contributed by atoms with van der Waals surface area (Å²) in [5, 5.41) is 15.7. The molecule has 35 heavy (non-hydrogen) atoms. The highest BCUT2D eigenvalue weighted by Crippen LogP contribution is 2.45. The molecule has 1 N–H and O–H groups in total. The molecule has 2 atom stereocenters. The Morgan fingerprint density at radius 1 is 0.914 bits per heavy atom. The molecule has 1 aliphatic carbocycles. The average Bonchev–Trinajstić information content (AvgIpc) is 3.26. The summed E-state index contributed by atoms with van der Waals surface area (Å²) in [5.74, 6) is -2.57.